The lowest BCUT2D eigenvalue weighted by molar-refractivity contribution is -0.133. The molecule has 0 aliphatic heterocycles. The van der Waals surface area contributed by atoms with Gasteiger partial charge in [-0.25, -0.2) is 0 Å². The van der Waals surface area contributed by atoms with Crippen molar-refractivity contribution in [3.05, 3.63) is 36.0 Å². The summed E-state index contributed by atoms with van der Waals surface area (Å²) in [5.41, 5.74) is 1.60. The fourth-order valence-electron chi connectivity index (χ4n) is 2.72. The van der Waals surface area contributed by atoms with E-state index in [2.05, 4.69) is 0 Å². The Hall–Kier alpha value is -2.10. The fourth-order valence-corrected chi connectivity index (χ4v) is 2.72. The maximum atomic E-state index is 12.5. The van der Waals surface area contributed by atoms with Gasteiger partial charge in [-0.05, 0) is 33.8 Å². The number of ketones is 1. The number of aromatic nitrogens is 1. The van der Waals surface area contributed by atoms with E-state index in [0.717, 1.165) is 10.9 Å². The minimum absolute atomic E-state index is 0.0208. The molecule has 0 unspecified atom stereocenters. The van der Waals surface area contributed by atoms with Crippen LogP contribution in [0, 0.1) is 0 Å². The topological polar surface area (TPSA) is 42.3 Å². The normalized spacial score (nSPS) is 12.4. The summed E-state index contributed by atoms with van der Waals surface area (Å²) in [6, 6.07) is 7.40. The smallest absolute Gasteiger partial charge is 0.245 e. The van der Waals surface area contributed by atoms with Crippen LogP contribution >= 0.6 is 0 Å². The molecule has 2 aromatic rings. The van der Waals surface area contributed by atoms with Gasteiger partial charge < -0.3 is 9.47 Å². The quantitative estimate of drug-likeness (QED) is 0.792. The number of hydrogen-bond donors (Lipinski definition) is 0. The number of nitrogens with zero attached hydrogens (tertiary/aromatic N) is 2. The molecule has 0 aliphatic rings. The number of carbonyl (C=O) groups excluding carboxylic acids is 2. The largest absolute Gasteiger partial charge is 0.341 e. The van der Waals surface area contributed by atoms with Crippen LogP contribution in [0.3, 0.4) is 0 Å². The van der Waals surface area contributed by atoms with Gasteiger partial charge in [0, 0.05) is 35.8 Å². The molecule has 0 spiro atoms. The fraction of sp³-hybridized carbons (Fsp3) is 0.412. The third-order valence-electron chi connectivity index (χ3n) is 3.97. The monoisotopic (exact) mass is 286 g/mol. The first kappa shape index (κ1) is 15.3. The van der Waals surface area contributed by atoms with Crippen LogP contribution in [0.15, 0.2) is 30.5 Å². The van der Waals surface area contributed by atoms with Crippen LogP contribution in [0.5, 0.6) is 0 Å². The van der Waals surface area contributed by atoms with Gasteiger partial charge in [-0.3, -0.25) is 9.59 Å². The average Bonchev–Trinajstić information content (AvgIpc) is 2.87. The molecule has 0 N–H and O–H groups in total. The summed E-state index contributed by atoms with van der Waals surface area (Å²) in [7, 11) is 0. The highest BCUT2D eigenvalue weighted by atomic mass is 16.2. The Balaban J connectivity index is 2.51. The molecule has 0 bridgehead atoms. The number of amides is 1. The van der Waals surface area contributed by atoms with Crippen molar-refractivity contribution in [2.75, 3.05) is 13.1 Å². The minimum Gasteiger partial charge on any atom is -0.341 e. The Morgan fingerprint density at radius 1 is 1.19 bits per heavy atom. The lowest BCUT2D eigenvalue weighted by atomic mass is 10.1. The molecule has 4 heteroatoms. The molecule has 1 atom stereocenters. The van der Waals surface area contributed by atoms with E-state index in [1.807, 2.05) is 54.5 Å². The number of Topliss-reactive ketones (excluding diaryl/α,β-unsaturated/α-hetero) is 1. The van der Waals surface area contributed by atoms with Crippen molar-refractivity contribution >= 4 is 22.6 Å². The Labute approximate surface area is 125 Å². The van der Waals surface area contributed by atoms with E-state index < -0.39 is 0 Å². The van der Waals surface area contributed by atoms with Crippen LogP contribution in [-0.2, 0) is 4.79 Å². The molecular weight excluding hydrogens is 264 g/mol. The van der Waals surface area contributed by atoms with Crippen LogP contribution in [0.1, 0.15) is 44.1 Å². The zero-order valence-electron chi connectivity index (χ0n) is 13.1. The number of fused-ring (bicyclic) bond motifs is 1. The Kier molecular flexibility index (Phi) is 4.46. The summed E-state index contributed by atoms with van der Waals surface area (Å²) in [4.78, 5) is 26.2. The molecule has 1 aromatic heterocycles. The highest BCUT2D eigenvalue weighted by molar-refractivity contribution is 6.07. The number of hydrogen-bond acceptors (Lipinski definition) is 2. The predicted molar refractivity (Wildman–Crippen MR) is 84.6 cm³/mol. The first-order valence-corrected chi connectivity index (χ1v) is 7.40. The van der Waals surface area contributed by atoms with Gasteiger partial charge in [-0.15, -0.1) is 0 Å². The van der Waals surface area contributed by atoms with Gasteiger partial charge in [0.15, 0.2) is 5.78 Å². The molecule has 112 valence electrons. The van der Waals surface area contributed by atoms with E-state index in [-0.39, 0.29) is 17.7 Å². The number of carbonyl (C=O) groups is 2. The van der Waals surface area contributed by atoms with Crippen LogP contribution in [0.4, 0.5) is 0 Å². The zero-order valence-corrected chi connectivity index (χ0v) is 13.1. The van der Waals surface area contributed by atoms with E-state index in [4.69, 9.17) is 0 Å². The summed E-state index contributed by atoms with van der Waals surface area (Å²) in [5, 5.41) is 0.907. The molecule has 2 rings (SSSR count). The maximum absolute atomic E-state index is 12.5. The van der Waals surface area contributed by atoms with E-state index in [0.29, 0.717) is 18.7 Å². The predicted octanol–water partition coefficient (Wildman–Crippen LogP) is 3.27. The number of benzene rings is 1. The minimum atomic E-state index is -0.317. The van der Waals surface area contributed by atoms with Crippen molar-refractivity contribution in [2.45, 2.75) is 33.7 Å². The van der Waals surface area contributed by atoms with Gasteiger partial charge in [-0.1, -0.05) is 18.2 Å². The van der Waals surface area contributed by atoms with Crippen LogP contribution in [0.25, 0.3) is 10.9 Å². The van der Waals surface area contributed by atoms with E-state index in [1.54, 1.807) is 13.1 Å². The Morgan fingerprint density at radius 2 is 1.81 bits per heavy atom. The number of para-hydroxylation sites is 1. The van der Waals surface area contributed by atoms with Gasteiger partial charge in [0.05, 0.1) is 0 Å². The van der Waals surface area contributed by atoms with Gasteiger partial charge in [0.25, 0.3) is 0 Å². The number of likely N-dealkylation sites (N-methyl/N-ethyl adjacent to an activating group) is 1. The molecule has 1 heterocycles. The van der Waals surface area contributed by atoms with Crippen LogP contribution in [-0.4, -0.2) is 34.2 Å². The second-order valence-electron chi connectivity index (χ2n) is 5.21. The van der Waals surface area contributed by atoms with Crippen LogP contribution in [0.2, 0.25) is 0 Å². The van der Waals surface area contributed by atoms with Gasteiger partial charge in [0.1, 0.15) is 6.04 Å². The van der Waals surface area contributed by atoms with Crippen molar-refractivity contribution in [1.82, 2.24) is 9.47 Å². The molecule has 0 aliphatic carbocycles. The third-order valence-corrected chi connectivity index (χ3v) is 3.97. The zero-order chi connectivity index (χ0) is 15.6. The summed E-state index contributed by atoms with van der Waals surface area (Å²) in [6.07, 6.45) is 1.80. The van der Waals surface area contributed by atoms with Gasteiger partial charge >= 0.3 is 0 Å². The average molecular weight is 286 g/mol. The van der Waals surface area contributed by atoms with Gasteiger partial charge in [0.2, 0.25) is 5.91 Å². The van der Waals surface area contributed by atoms with Crippen molar-refractivity contribution in [2.24, 2.45) is 0 Å². The number of rotatable bonds is 5. The molecule has 1 amide bonds. The van der Waals surface area contributed by atoms with Crippen molar-refractivity contribution < 1.29 is 9.59 Å². The summed E-state index contributed by atoms with van der Waals surface area (Å²) < 4.78 is 1.91. The maximum Gasteiger partial charge on any atom is 0.245 e. The van der Waals surface area contributed by atoms with E-state index >= 15 is 0 Å². The third kappa shape index (κ3) is 2.71. The van der Waals surface area contributed by atoms with Crippen molar-refractivity contribution in [3.63, 3.8) is 0 Å². The molecule has 0 saturated carbocycles. The second kappa shape index (κ2) is 6.12. The first-order valence-electron chi connectivity index (χ1n) is 7.40. The molecule has 0 radical (unpaired) electrons. The van der Waals surface area contributed by atoms with Crippen molar-refractivity contribution in [3.8, 4) is 0 Å². The lowest BCUT2D eigenvalue weighted by Gasteiger charge is -2.24. The molecule has 0 saturated heterocycles. The molecule has 0 fully saturated rings. The molecule has 21 heavy (non-hydrogen) atoms. The molecule has 4 nitrogen and oxygen atoms in total. The van der Waals surface area contributed by atoms with Gasteiger partial charge in [-0.2, -0.15) is 0 Å². The standard InChI is InChI=1S/C17H22N2O2/c1-5-18(6-2)17(21)12(3)19-11-15(13(4)20)14-9-7-8-10-16(14)19/h7-12H,5-6H2,1-4H3/t12-/m1/s1. The molecular formula is C17H22N2O2. The lowest BCUT2D eigenvalue weighted by Crippen LogP contribution is -2.35. The second-order valence-corrected chi connectivity index (χ2v) is 5.21. The van der Waals surface area contributed by atoms with Crippen molar-refractivity contribution in [1.29, 1.82) is 0 Å². The van der Waals surface area contributed by atoms with E-state index in [1.165, 1.54) is 0 Å². The summed E-state index contributed by atoms with van der Waals surface area (Å²) in [5.74, 6) is 0.100. The highest BCUT2D eigenvalue weighted by Crippen LogP contribution is 2.26. The SMILES string of the molecule is CCN(CC)C(=O)[C@@H](C)n1cc(C(C)=O)c2ccccc21. The Bertz CT molecular complexity index is 668. The van der Waals surface area contributed by atoms with Crippen LogP contribution < -0.4 is 0 Å². The summed E-state index contributed by atoms with van der Waals surface area (Å²) >= 11 is 0. The molecule has 1 aromatic carbocycles. The highest BCUT2D eigenvalue weighted by Gasteiger charge is 2.22. The van der Waals surface area contributed by atoms with E-state index in [9.17, 15) is 9.59 Å². The summed E-state index contributed by atoms with van der Waals surface area (Å²) in [6.45, 7) is 8.78. The first-order chi connectivity index (χ1) is 10.0. The Morgan fingerprint density at radius 3 is 2.38 bits per heavy atom.